The van der Waals surface area contributed by atoms with Crippen molar-refractivity contribution in [3.63, 3.8) is 0 Å². The maximum atomic E-state index is 5.28. The molecule has 0 saturated carbocycles. The molecule has 0 aromatic rings. The number of nitrogens with one attached hydrogen (secondary N) is 1. The second-order valence-corrected chi connectivity index (χ2v) is 5.60. The van der Waals surface area contributed by atoms with Gasteiger partial charge in [-0.05, 0) is 28.0 Å². The average Bonchev–Trinajstić information content (AvgIpc) is 2.01. The van der Waals surface area contributed by atoms with Gasteiger partial charge < -0.3 is 11.1 Å². The molecule has 0 saturated heterocycles. The van der Waals surface area contributed by atoms with Crippen LogP contribution in [0.15, 0.2) is 0 Å². The summed E-state index contributed by atoms with van der Waals surface area (Å²) in [5, 5.41) is 3.10. The van der Waals surface area contributed by atoms with E-state index in [-0.39, 0.29) is 0 Å². The van der Waals surface area contributed by atoms with E-state index in [0.29, 0.717) is 4.32 Å². The first kappa shape index (κ1) is 12.5. The highest BCUT2D eigenvalue weighted by molar-refractivity contribution is 8.89. The lowest BCUT2D eigenvalue weighted by Crippen LogP contribution is -2.19. The van der Waals surface area contributed by atoms with Gasteiger partial charge in [0.05, 0.1) is 0 Å². The molecule has 0 fully saturated rings. The third-order valence-electron chi connectivity index (χ3n) is 0.999. The van der Waals surface area contributed by atoms with Gasteiger partial charge in [0.25, 0.3) is 0 Å². The van der Waals surface area contributed by atoms with Crippen molar-refractivity contribution in [1.82, 2.24) is 5.32 Å². The van der Waals surface area contributed by atoms with Crippen molar-refractivity contribution in [3.05, 3.63) is 0 Å². The van der Waals surface area contributed by atoms with E-state index in [2.05, 4.69) is 24.5 Å². The van der Waals surface area contributed by atoms with Gasteiger partial charge in [-0.25, -0.2) is 0 Å². The minimum absolute atomic E-state index is 0.416. The largest absolute Gasteiger partial charge is 0.384 e. The number of rotatable bonds is 3. The molecule has 0 aliphatic rings. The summed E-state index contributed by atoms with van der Waals surface area (Å²) in [6.07, 6.45) is 2.31. The number of hydrogen-bond acceptors (Lipinski definition) is 4. The summed E-state index contributed by atoms with van der Waals surface area (Å²) < 4.78 is 1.17. The Balaban J connectivity index is 3.28. The summed E-state index contributed by atoms with van der Waals surface area (Å²) in [5.74, 6) is 0. The van der Waals surface area contributed by atoms with Crippen molar-refractivity contribution in [2.24, 2.45) is 5.73 Å². The standard InChI is InChI=1S/C6H12N2S4/c1-2-3-4-8-6(10)12-11-5(7)9/h2-4H2,1H3,(H2,7,9)(H,8,10). The first-order valence-electron chi connectivity index (χ1n) is 3.58. The van der Waals surface area contributed by atoms with E-state index in [1.54, 1.807) is 0 Å². The van der Waals surface area contributed by atoms with Crippen LogP contribution in [0.3, 0.4) is 0 Å². The van der Waals surface area contributed by atoms with E-state index in [9.17, 15) is 0 Å². The van der Waals surface area contributed by atoms with Crippen LogP contribution in [0, 0.1) is 0 Å². The zero-order valence-electron chi connectivity index (χ0n) is 6.83. The molecule has 0 radical (unpaired) electrons. The highest BCUT2D eigenvalue weighted by Gasteiger charge is 1.97. The summed E-state index contributed by atoms with van der Waals surface area (Å²) in [4.78, 5) is 0. The number of nitrogens with two attached hydrogens (primary N) is 1. The quantitative estimate of drug-likeness (QED) is 0.448. The van der Waals surface area contributed by atoms with Gasteiger partial charge in [-0.2, -0.15) is 0 Å². The highest BCUT2D eigenvalue weighted by atomic mass is 33.1. The molecule has 0 heterocycles. The van der Waals surface area contributed by atoms with Crippen LogP contribution in [0.1, 0.15) is 19.8 Å². The van der Waals surface area contributed by atoms with Crippen LogP contribution in [0.25, 0.3) is 0 Å². The van der Waals surface area contributed by atoms with Crippen molar-refractivity contribution in [3.8, 4) is 0 Å². The van der Waals surface area contributed by atoms with Gasteiger partial charge in [-0.1, -0.05) is 37.8 Å². The van der Waals surface area contributed by atoms with Crippen LogP contribution >= 0.6 is 46.0 Å². The van der Waals surface area contributed by atoms with E-state index in [0.717, 1.165) is 17.3 Å². The summed E-state index contributed by atoms with van der Waals surface area (Å²) in [6, 6.07) is 0. The van der Waals surface area contributed by atoms with Crippen LogP contribution in [0.2, 0.25) is 0 Å². The van der Waals surface area contributed by atoms with E-state index >= 15 is 0 Å². The Morgan fingerprint density at radius 2 is 2.08 bits per heavy atom. The molecule has 0 aromatic carbocycles. The van der Waals surface area contributed by atoms with E-state index in [4.69, 9.17) is 18.0 Å². The van der Waals surface area contributed by atoms with Crippen molar-refractivity contribution in [1.29, 1.82) is 0 Å². The van der Waals surface area contributed by atoms with E-state index in [1.807, 2.05) is 0 Å². The second kappa shape index (κ2) is 8.10. The molecule has 0 atom stereocenters. The van der Waals surface area contributed by atoms with Crippen LogP contribution in [-0.4, -0.2) is 15.2 Å². The second-order valence-electron chi connectivity index (χ2n) is 2.05. The molecule has 0 aromatic heterocycles. The number of hydrogen-bond donors (Lipinski definition) is 2. The molecular weight excluding hydrogens is 228 g/mol. The van der Waals surface area contributed by atoms with Gasteiger partial charge in [-0.15, -0.1) is 0 Å². The molecule has 0 aliphatic heterocycles. The van der Waals surface area contributed by atoms with E-state index in [1.165, 1.54) is 28.0 Å². The molecule has 12 heavy (non-hydrogen) atoms. The van der Waals surface area contributed by atoms with Crippen molar-refractivity contribution < 1.29 is 0 Å². The monoisotopic (exact) mass is 240 g/mol. The molecule has 0 rings (SSSR count). The predicted molar refractivity (Wildman–Crippen MR) is 67.5 cm³/mol. The fourth-order valence-electron chi connectivity index (χ4n) is 0.476. The minimum atomic E-state index is 0.416. The lowest BCUT2D eigenvalue weighted by molar-refractivity contribution is 0.763. The Morgan fingerprint density at radius 1 is 1.42 bits per heavy atom. The van der Waals surface area contributed by atoms with Crippen LogP contribution in [0.5, 0.6) is 0 Å². The van der Waals surface area contributed by atoms with Crippen molar-refractivity contribution in [2.75, 3.05) is 6.54 Å². The molecule has 70 valence electrons. The topological polar surface area (TPSA) is 38.0 Å². The normalized spacial score (nSPS) is 9.42. The van der Waals surface area contributed by atoms with Gasteiger partial charge in [0.2, 0.25) is 0 Å². The molecule has 6 heteroatoms. The minimum Gasteiger partial charge on any atom is -0.384 e. The maximum Gasteiger partial charge on any atom is 0.144 e. The van der Waals surface area contributed by atoms with Crippen LogP contribution in [-0.2, 0) is 0 Å². The lowest BCUT2D eigenvalue weighted by Gasteiger charge is -2.04. The van der Waals surface area contributed by atoms with Gasteiger partial charge in [0, 0.05) is 6.54 Å². The average molecular weight is 240 g/mol. The molecule has 0 unspecified atom stereocenters. The summed E-state index contributed by atoms with van der Waals surface area (Å²) in [7, 11) is 2.73. The van der Waals surface area contributed by atoms with Gasteiger partial charge in [0.15, 0.2) is 0 Å². The van der Waals surface area contributed by atoms with Gasteiger partial charge >= 0.3 is 0 Å². The molecule has 0 amide bonds. The Labute approximate surface area is 91.8 Å². The zero-order valence-corrected chi connectivity index (χ0v) is 10.1. The first-order chi connectivity index (χ1) is 5.66. The third-order valence-corrected chi connectivity index (χ3v) is 4.11. The van der Waals surface area contributed by atoms with Crippen molar-refractivity contribution >= 4 is 54.7 Å². The van der Waals surface area contributed by atoms with Crippen molar-refractivity contribution in [2.45, 2.75) is 19.8 Å². The highest BCUT2D eigenvalue weighted by Crippen LogP contribution is 2.21. The Morgan fingerprint density at radius 3 is 2.58 bits per heavy atom. The fraction of sp³-hybridized carbons (Fsp3) is 0.667. The molecule has 2 nitrogen and oxygen atoms in total. The Bertz CT molecular complexity index is 160. The Kier molecular flexibility index (Phi) is 8.42. The van der Waals surface area contributed by atoms with Crippen LogP contribution in [0.4, 0.5) is 0 Å². The number of thiocarbonyl (C=S) groups is 2. The smallest absolute Gasteiger partial charge is 0.144 e. The molecule has 0 bridgehead atoms. The lowest BCUT2D eigenvalue weighted by atomic mass is 10.3. The first-order valence-corrected chi connectivity index (χ1v) is 6.55. The summed E-state index contributed by atoms with van der Waals surface area (Å²) >= 11 is 9.68. The zero-order chi connectivity index (χ0) is 9.40. The number of unbranched alkanes of at least 4 members (excludes halogenated alkanes) is 1. The molecule has 0 spiro atoms. The maximum absolute atomic E-state index is 5.28. The molecule has 0 aliphatic carbocycles. The van der Waals surface area contributed by atoms with E-state index < -0.39 is 0 Å². The Hall–Kier alpha value is 0.480. The van der Waals surface area contributed by atoms with Gasteiger partial charge in [0.1, 0.15) is 8.64 Å². The molecule has 3 N–H and O–H groups in total. The molecular formula is C6H12N2S4. The third kappa shape index (κ3) is 8.58. The summed E-state index contributed by atoms with van der Waals surface area (Å²) in [6.45, 7) is 3.07. The van der Waals surface area contributed by atoms with Gasteiger partial charge in [-0.3, -0.25) is 0 Å². The predicted octanol–water partition coefficient (Wildman–Crippen LogP) is 2.29. The summed E-state index contributed by atoms with van der Waals surface area (Å²) in [5.41, 5.74) is 5.28. The SMILES string of the molecule is CCCCNC(=S)SSC(N)=S. The van der Waals surface area contributed by atoms with Crippen LogP contribution < -0.4 is 11.1 Å². The fourth-order valence-corrected chi connectivity index (χ4v) is 2.16.